The number of likely N-dealkylation sites (tertiary alicyclic amines) is 1. The van der Waals surface area contributed by atoms with Crippen molar-refractivity contribution in [3.63, 3.8) is 0 Å². The topological polar surface area (TPSA) is 81.8 Å². The fourth-order valence-electron chi connectivity index (χ4n) is 4.88. The molecule has 2 N–H and O–H groups in total. The summed E-state index contributed by atoms with van der Waals surface area (Å²) in [4.78, 5) is 17.4. The molecule has 34 heavy (non-hydrogen) atoms. The third-order valence-corrected chi connectivity index (χ3v) is 8.30. The fraction of sp³-hybridized carbons (Fsp3) is 0.500. The maximum atomic E-state index is 12.6. The summed E-state index contributed by atoms with van der Waals surface area (Å²) in [6.07, 6.45) is 3.02. The molecular weight excluding hydrogens is 448 g/mol. The predicted molar refractivity (Wildman–Crippen MR) is 135 cm³/mol. The maximum absolute atomic E-state index is 12.6. The van der Waals surface area contributed by atoms with E-state index in [-0.39, 0.29) is 11.8 Å². The van der Waals surface area contributed by atoms with Crippen LogP contribution in [-0.2, 0) is 14.8 Å². The normalized spacial score (nSPS) is 21.5. The molecule has 0 aromatic heterocycles. The first-order valence-corrected chi connectivity index (χ1v) is 13.7. The van der Waals surface area contributed by atoms with Gasteiger partial charge >= 0.3 is 0 Å². The van der Waals surface area contributed by atoms with Crippen molar-refractivity contribution >= 4 is 21.6 Å². The van der Waals surface area contributed by atoms with Crippen molar-refractivity contribution in [2.24, 2.45) is 11.8 Å². The lowest BCUT2D eigenvalue weighted by atomic mass is 9.98. The number of sulfonamides is 1. The number of benzene rings is 2. The van der Waals surface area contributed by atoms with Gasteiger partial charge in [-0.15, -0.1) is 0 Å². The highest BCUT2D eigenvalue weighted by Crippen LogP contribution is 2.23. The van der Waals surface area contributed by atoms with Crippen LogP contribution in [0, 0.1) is 18.8 Å². The standard InChI is InChI=1S/C26H36N4O3S/c1-21-9-11-25(12-10-21)34(32,33)28-17-22-6-5-14-29(18-22)20-26(31)27-16-23-13-15-30(19-23)24-7-3-2-4-8-24/h2-4,7-12,22-23,28H,5-6,13-20H2,1H3,(H,27,31). The van der Waals surface area contributed by atoms with Crippen molar-refractivity contribution in [2.45, 2.75) is 31.1 Å². The van der Waals surface area contributed by atoms with Crippen LogP contribution in [0.4, 0.5) is 5.69 Å². The van der Waals surface area contributed by atoms with Gasteiger partial charge in [0, 0.05) is 38.4 Å². The Balaban J connectivity index is 1.18. The van der Waals surface area contributed by atoms with Gasteiger partial charge in [0.25, 0.3) is 0 Å². The molecule has 7 nitrogen and oxygen atoms in total. The number of hydrogen-bond donors (Lipinski definition) is 2. The average molecular weight is 485 g/mol. The van der Waals surface area contributed by atoms with Crippen molar-refractivity contribution in [1.29, 1.82) is 0 Å². The lowest BCUT2D eigenvalue weighted by Gasteiger charge is -2.32. The van der Waals surface area contributed by atoms with Gasteiger partial charge < -0.3 is 10.2 Å². The Bertz CT molecular complexity index is 1040. The Morgan fingerprint density at radius 1 is 0.941 bits per heavy atom. The van der Waals surface area contributed by atoms with E-state index in [9.17, 15) is 13.2 Å². The highest BCUT2D eigenvalue weighted by atomic mass is 32.2. The smallest absolute Gasteiger partial charge is 0.240 e. The molecule has 2 unspecified atom stereocenters. The number of piperidine rings is 1. The van der Waals surface area contributed by atoms with E-state index in [0.717, 1.165) is 51.0 Å². The lowest BCUT2D eigenvalue weighted by Crippen LogP contribution is -2.45. The van der Waals surface area contributed by atoms with E-state index in [2.05, 4.69) is 44.1 Å². The molecule has 0 bridgehead atoms. The number of carbonyl (C=O) groups is 1. The number of para-hydroxylation sites is 1. The first-order valence-electron chi connectivity index (χ1n) is 12.2. The summed E-state index contributed by atoms with van der Waals surface area (Å²) < 4.78 is 27.9. The second-order valence-electron chi connectivity index (χ2n) is 9.65. The summed E-state index contributed by atoms with van der Waals surface area (Å²) in [6, 6.07) is 17.3. The molecule has 2 aromatic carbocycles. The van der Waals surface area contributed by atoms with Crippen LogP contribution >= 0.6 is 0 Å². The van der Waals surface area contributed by atoms with Crippen molar-refractivity contribution in [3.05, 3.63) is 60.2 Å². The monoisotopic (exact) mass is 484 g/mol. The Labute approximate surface area is 203 Å². The Morgan fingerprint density at radius 2 is 1.68 bits per heavy atom. The number of amides is 1. The van der Waals surface area contributed by atoms with Crippen molar-refractivity contribution < 1.29 is 13.2 Å². The van der Waals surface area contributed by atoms with Crippen LogP contribution in [0.25, 0.3) is 0 Å². The Kier molecular flexibility index (Phi) is 8.24. The van der Waals surface area contributed by atoms with Crippen LogP contribution in [0.3, 0.4) is 0 Å². The third kappa shape index (κ3) is 6.81. The minimum atomic E-state index is -3.51. The van der Waals surface area contributed by atoms with Gasteiger partial charge in [0.15, 0.2) is 0 Å². The van der Waals surface area contributed by atoms with Gasteiger partial charge in [-0.2, -0.15) is 0 Å². The largest absolute Gasteiger partial charge is 0.371 e. The van der Waals surface area contributed by atoms with E-state index in [1.54, 1.807) is 24.3 Å². The summed E-state index contributed by atoms with van der Waals surface area (Å²) in [6.45, 7) is 7.00. The van der Waals surface area contributed by atoms with Crippen LogP contribution in [-0.4, -0.2) is 65.0 Å². The zero-order valence-corrected chi connectivity index (χ0v) is 20.8. The molecule has 4 rings (SSSR count). The van der Waals surface area contributed by atoms with Crippen LogP contribution in [0.15, 0.2) is 59.5 Å². The predicted octanol–water partition coefficient (Wildman–Crippen LogP) is 2.63. The van der Waals surface area contributed by atoms with Gasteiger partial charge in [0.05, 0.1) is 11.4 Å². The number of aryl methyl sites for hydroxylation is 1. The van der Waals surface area contributed by atoms with E-state index < -0.39 is 10.0 Å². The molecule has 2 atom stereocenters. The number of rotatable bonds is 9. The zero-order chi connectivity index (χ0) is 24.0. The van der Waals surface area contributed by atoms with E-state index in [0.29, 0.717) is 30.4 Å². The van der Waals surface area contributed by atoms with Crippen LogP contribution < -0.4 is 14.9 Å². The molecule has 1 amide bonds. The number of carbonyl (C=O) groups excluding carboxylic acids is 1. The minimum absolute atomic E-state index is 0.0547. The molecule has 0 radical (unpaired) electrons. The van der Waals surface area contributed by atoms with Gasteiger partial charge in [0.2, 0.25) is 15.9 Å². The van der Waals surface area contributed by atoms with E-state index in [1.165, 1.54) is 5.69 Å². The SMILES string of the molecule is Cc1ccc(S(=O)(=O)NCC2CCCN(CC(=O)NCC3CCN(c4ccccc4)C3)C2)cc1. The molecule has 184 valence electrons. The number of nitrogens with zero attached hydrogens (tertiary/aromatic N) is 2. The number of anilines is 1. The minimum Gasteiger partial charge on any atom is -0.371 e. The molecular formula is C26H36N4O3S. The summed E-state index contributed by atoms with van der Waals surface area (Å²) in [5.41, 5.74) is 2.27. The molecule has 2 fully saturated rings. The second kappa shape index (κ2) is 11.3. The first kappa shape index (κ1) is 24.7. The van der Waals surface area contributed by atoms with Crippen molar-refractivity contribution in [2.75, 3.05) is 50.7 Å². The molecule has 8 heteroatoms. The summed E-state index contributed by atoms with van der Waals surface area (Å²) in [7, 11) is -3.51. The summed E-state index contributed by atoms with van der Waals surface area (Å²) >= 11 is 0. The maximum Gasteiger partial charge on any atom is 0.240 e. The summed E-state index contributed by atoms with van der Waals surface area (Å²) in [5.74, 6) is 0.726. The fourth-order valence-corrected chi connectivity index (χ4v) is 6.00. The molecule has 0 saturated carbocycles. The molecule has 0 spiro atoms. The zero-order valence-electron chi connectivity index (χ0n) is 19.9. The van der Waals surface area contributed by atoms with Crippen LogP contribution in [0.5, 0.6) is 0 Å². The first-order chi connectivity index (χ1) is 16.4. The van der Waals surface area contributed by atoms with Crippen molar-refractivity contribution in [1.82, 2.24) is 14.9 Å². The molecule has 2 aromatic rings. The molecule has 2 saturated heterocycles. The third-order valence-electron chi connectivity index (χ3n) is 6.86. The van der Waals surface area contributed by atoms with Gasteiger partial charge in [0.1, 0.15) is 0 Å². The van der Waals surface area contributed by atoms with Gasteiger partial charge in [-0.1, -0.05) is 35.9 Å². The van der Waals surface area contributed by atoms with Gasteiger partial charge in [-0.05, 0) is 68.8 Å². The average Bonchev–Trinajstić information content (AvgIpc) is 3.32. The number of hydrogen-bond acceptors (Lipinski definition) is 5. The van der Waals surface area contributed by atoms with E-state index in [4.69, 9.17) is 0 Å². The Hall–Kier alpha value is -2.42. The Morgan fingerprint density at radius 3 is 2.44 bits per heavy atom. The highest BCUT2D eigenvalue weighted by molar-refractivity contribution is 7.89. The molecule has 2 heterocycles. The van der Waals surface area contributed by atoms with Gasteiger partial charge in [-0.25, -0.2) is 13.1 Å². The van der Waals surface area contributed by atoms with Crippen molar-refractivity contribution in [3.8, 4) is 0 Å². The molecule has 2 aliphatic heterocycles. The quantitative estimate of drug-likeness (QED) is 0.572. The molecule has 2 aliphatic rings. The van der Waals surface area contributed by atoms with Crippen LogP contribution in [0.1, 0.15) is 24.8 Å². The molecule has 0 aliphatic carbocycles. The van der Waals surface area contributed by atoms with E-state index >= 15 is 0 Å². The number of nitrogens with one attached hydrogen (secondary N) is 2. The second-order valence-corrected chi connectivity index (χ2v) is 11.4. The van der Waals surface area contributed by atoms with Crippen LogP contribution in [0.2, 0.25) is 0 Å². The van der Waals surface area contributed by atoms with E-state index in [1.807, 2.05) is 13.0 Å². The summed E-state index contributed by atoms with van der Waals surface area (Å²) in [5, 5.41) is 3.12. The lowest BCUT2D eigenvalue weighted by molar-refractivity contribution is -0.122. The highest BCUT2D eigenvalue weighted by Gasteiger charge is 2.25. The van der Waals surface area contributed by atoms with Gasteiger partial charge in [-0.3, -0.25) is 9.69 Å².